The molecule has 1 aromatic carbocycles. The largest absolute Gasteiger partial charge is 0.467 e. The van der Waals surface area contributed by atoms with E-state index in [2.05, 4.69) is 15.4 Å². The molecule has 0 saturated carbocycles. The van der Waals surface area contributed by atoms with E-state index in [1.54, 1.807) is 42.7 Å². The van der Waals surface area contributed by atoms with Crippen LogP contribution in [0.25, 0.3) is 0 Å². The number of carbonyl (C=O) groups excluding carboxylic acids is 2. The fraction of sp³-hybridized carbons (Fsp3) is 0.625. The van der Waals surface area contributed by atoms with Crippen LogP contribution in [0.1, 0.15) is 45.2 Å². The van der Waals surface area contributed by atoms with E-state index in [4.69, 9.17) is 37.4 Å². The highest BCUT2D eigenvalue weighted by Gasteiger charge is 2.46. The molecule has 0 unspecified atom stereocenters. The van der Waals surface area contributed by atoms with Gasteiger partial charge in [-0.3, -0.25) is 4.79 Å². The van der Waals surface area contributed by atoms with E-state index in [9.17, 15) is 14.7 Å². The Balaban J connectivity index is 1.50. The summed E-state index contributed by atoms with van der Waals surface area (Å²) in [5.41, 5.74) is -1.29. The van der Waals surface area contributed by atoms with Gasteiger partial charge in [-0.25, -0.2) is 4.79 Å². The van der Waals surface area contributed by atoms with Crippen molar-refractivity contribution >= 4 is 35.2 Å². The van der Waals surface area contributed by atoms with E-state index in [1.807, 2.05) is 0 Å². The van der Waals surface area contributed by atoms with Gasteiger partial charge in [-0.1, -0.05) is 23.2 Å². The van der Waals surface area contributed by atoms with Crippen LogP contribution in [-0.2, 0) is 20.8 Å². The molecule has 1 N–H and O–H groups in total. The lowest BCUT2D eigenvalue weighted by Crippen LogP contribution is -2.65. The highest BCUT2D eigenvalue weighted by Crippen LogP contribution is 2.46. The summed E-state index contributed by atoms with van der Waals surface area (Å²) in [6, 6.07) is 2.76. The van der Waals surface area contributed by atoms with E-state index < -0.39 is 23.3 Å². The molecule has 1 aromatic heterocycles. The van der Waals surface area contributed by atoms with Crippen LogP contribution in [0.4, 0.5) is 4.79 Å². The van der Waals surface area contributed by atoms with Gasteiger partial charge >= 0.3 is 6.09 Å². The van der Waals surface area contributed by atoms with Crippen molar-refractivity contribution in [1.82, 2.24) is 30.0 Å². The molecule has 0 bridgehead atoms. The number of β-amino-alcohol motifs (C(OH)–C–C–N with tert-alkyl or cyclic N) is 1. The molecule has 2 aliphatic heterocycles. The number of rotatable bonds is 8. The molecule has 0 spiro atoms. The predicted octanol–water partition coefficient (Wildman–Crippen LogP) is 2.92. The second-order valence-electron chi connectivity index (χ2n) is 10.7. The molecular weight excluding hydrogens is 539 g/mol. The van der Waals surface area contributed by atoms with E-state index >= 15 is 0 Å². The first kappa shape index (κ1) is 28.3. The quantitative estimate of drug-likeness (QED) is 0.475. The Bertz CT molecular complexity index is 1150. The van der Waals surface area contributed by atoms with Crippen LogP contribution >= 0.6 is 23.2 Å². The zero-order valence-electron chi connectivity index (χ0n) is 21.8. The van der Waals surface area contributed by atoms with Gasteiger partial charge in [0.2, 0.25) is 5.91 Å². The Kier molecular flexibility index (Phi) is 8.36. The summed E-state index contributed by atoms with van der Waals surface area (Å²) in [6.07, 6.45) is 1.38. The van der Waals surface area contributed by atoms with Crippen LogP contribution in [0, 0.1) is 5.92 Å². The maximum atomic E-state index is 13.2. The SMILES string of the molecule is COCOc1ccc(Cl)c(Cl)c1[C@H]1C[C@@H](CC(=O)N2CC(O)(Cn3ncnn3)C2)CN1C(=O)OC(C)(C)C. The summed E-state index contributed by atoms with van der Waals surface area (Å²) in [4.78, 5) is 30.8. The van der Waals surface area contributed by atoms with E-state index in [-0.39, 0.29) is 56.2 Å². The highest BCUT2D eigenvalue weighted by atomic mass is 35.5. The Morgan fingerprint density at radius 1 is 1.24 bits per heavy atom. The Morgan fingerprint density at radius 3 is 2.61 bits per heavy atom. The molecule has 2 fully saturated rings. The fourth-order valence-electron chi connectivity index (χ4n) is 4.82. The average Bonchev–Trinajstić information content (AvgIpc) is 3.47. The minimum Gasteiger partial charge on any atom is -0.467 e. The van der Waals surface area contributed by atoms with Crippen molar-refractivity contribution in [3.63, 3.8) is 0 Å². The van der Waals surface area contributed by atoms with Crippen molar-refractivity contribution in [2.24, 2.45) is 5.92 Å². The molecule has 14 heteroatoms. The van der Waals surface area contributed by atoms with Gasteiger partial charge in [-0.15, -0.1) is 10.2 Å². The van der Waals surface area contributed by atoms with Gasteiger partial charge in [0.25, 0.3) is 0 Å². The van der Waals surface area contributed by atoms with Crippen LogP contribution in [0.2, 0.25) is 10.0 Å². The average molecular weight is 571 g/mol. The summed E-state index contributed by atoms with van der Waals surface area (Å²) >= 11 is 13.0. The summed E-state index contributed by atoms with van der Waals surface area (Å²) in [5.74, 6) is 0.126. The summed E-state index contributed by atoms with van der Waals surface area (Å²) in [7, 11) is 1.50. The minimum atomic E-state index is -1.11. The highest BCUT2D eigenvalue weighted by molar-refractivity contribution is 6.42. The number of hydrogen-bond donors (Lipinski definition) is 1. The molecule has 12 nitrogen and oxygen atoms in total. The van der Waals surface area contributed by atoms with Crippen molar-refractivity contribution in [3.05, 3.63) is 34.1 Å². The van der Waals surface area contributed by atoms with Gasteiger partial charge in [0, 0.05) is 25.6 Å². The number of halogens is 2. The number of aromatic nitrogens is 4. The molecule has 2 saturated heterocycles. The van der Waals surface area contributed by atoms with Crippen molar-refractivity contribution < 1.29 is 28.9 Å². The van der Waals surface area contributed by atoms with E-state index in [0.29, 0.717) is 22.8 Å². The molecule has 4 rings (SSSR count). The second-order valence-corrected chi connectivity index (χ2v) is 11.5. The van der Waals surface area contributed by atoms with Crippen LogP contribution in [-0.4, -0.2) is 91.9 Å². The molecule has 3 heterocycles. The molecular formula is C24H32Cl2N6O6. The fourth-order valence-corrected chi connectivity index (χ4v) is 5.26. The standard InChI is InChI=1S/C24H32Cl2N6O6/c1-23(2,3)38-22(34)31-9-15(7-17(31)20-18(37-14-36-4)6-5-16(25)21(20)26)8-19(33)30-10-24(35,11-30)12-32-28-13-27-29-32/h5-6,13,15,17,35H,7-12,14H2,1-4H3/t15-,17+/m0/s1. The van der Waals surface area contributed by atoms with Crippen LogP contribution in [0.3, 0.4) is 0 Å². The zero-order valence-corrected chi connectivity index (χ0v) is 23.3. The van der Waals surface area contributed by atoms with Gasteiger partial charge in [-0.2, -0.15) is 4.80 Å². The maximum Gasteiger partial charge on any atom is 0.410 e. The van der Waals surface area contributed by atoms with Crippen molar-refractivity contribution in [3.8, 4) is 5.75 Å². The minimum absolute atomic E-state index is 0.0198. The monoisotopic (exact) mass is 570 g/mol. The first-order valence-electron chi connectivity index (χ1n) is 12.2. The number of carbonyl (C=O) groups is 2. The first-order valence-corrected chi connectivity index (χ1v) is 12.9. The van der Waals surface area contributed by atoms with Gasteiger partial charge in [0.05, 0.1) is 35.7 Å². The van der Waals surface area contributed by atoms with Crippen LogP contribution < -0.4 is 4.74 Å². The molecule has 38 heavy (non-hydrogen) atoms. The molecule has 2 amide bonds. The molecule has 208 valence electrons. The number of aliphatic hydroxyl groups is 1. The summed E-state index contributed by atoms with van der Waals surface area (Å²) in [6.45, 7) is 6.09. The third-order valence-electron chi connectivity index (χ3n) is 6.39. The van der Waals surface area contributed by atoms with Crippen LogP contribution in [0.5, 0.6) is 5.75 Å². The summed E-state index contributed by atoms with van der Waals surface area (Å²) < 4.78 is 16.5. The molecule has 2 aromatic rings. The molecule has 2 atom stereocenters. The lowest BCUT2D eigenvalue weighted by molar-refractivity contribution is -0.159. The van der Waals surface area contributed by atoms with E-state index in [0.717, 1.165) is 0 Å². The second kappa shape index (κ2) is 11.2. The van der Waals surface area contributed by atoms with Crippen molar-refractivity contribution in [2.75, 3.05) is 33.5 Å². The number of benzene rings is 1. The number of amides is 2. The third-order valence-corrected chi connectivity index (χ3v) is 7.21. The lowest BCUT2D eigenvalue weighted by atomic mass is 9.91. The smallest absolute Gasteiger partial charge is 0.410 e. The van der Waals surface area contributed by atoms with Crippen LogP contribution in [0.15, 0.2) is 18.5 Å². The summed E-state index contributed by atoms with van der Waals surface area (Å²) in [5, 5.41) is 22.6. The van der Waals surface area contributed by atoms with Gasteiger partial charge in [-0.05, 0) is 50.5 Å². The van der Waals surface area contributed by atoms with Crippen molar-refractivity contribution in [1.29, 1.82) is 0 Å². The lowest BCUT2D eigenvalue weighted by Gasteiger charge is -2.46. The number of ether oxygens (including phenoxy) is 3. The number of nitrogens with zero attached hydrogens (tertiary/aromatic N) is 6. The van der Waals surface area contributed by atoms with E-state index in [1.165, 1.54) is 18.2 Å². The van der Waals surface area contributed by atoms with Crippen molar-refractivity contribution in [2.45, 2.75) is 57.4 Å². The van der Waals surface area contributed by atoms with Gasteiger partial charge in [0.15, 0.2) is 13.1 Å². The molecule has 0 aliphatic carbocycles. The number of hydrogen-bond acceptors (Lipinski definition) is 9. The molecule has 0 radical (unpaired) electrons. The number of tetrazole rings is 1. The number of likely N-dealkylation sites (tertiary alicyclic amines) is 2. The Labute approximate surface area is 230 Å². The topological polar surface area (TPSA) is 132 Å². The van der Waals surface area contributed by atoms with Gasteiger partial charge in [0.1, 0.15) is 17.0 Å². The first-order chi connectivity index (χ1) is 17.9. The molecule has 2 aliphatic rings. The Hall–Kier alpha value is -2.67. The predicted molar refractivity (Wildman–Crippen MR) is 137 cm³/mol. The number of methoxy groups -OCH3 is 1. The normalized spacial score (nSPS) is 20.8. The third kappa shape index (κ3) is 6.48. The Morgan fingerprint density at radius 2 is 1.97 bits per heavy atom. The maximum absolute atomic E-state index is 13.2. The zero-order chi connectivity index (χ0) is 27.7. The van der Waals surface area contributed by atoms with Gasteiger partial charge < -0.3 is 29.1 Å².